The molecule has 47 heavy (non-hydrogen) atoms. The van der Waals surface area contributed by atoms with E-state index in [1.54, 1.807) is 102 Å². The molecule has 0 amide bonds. The summed E-state index contributed by atoms with van der Waals surface area (Å²) in [5.41, 5.74) is -0.232. The van der Waals surface area contributed by atoms with Gasteiger partial charge in [-0.05, 0) is 43.3 Å². The van der Waals surface area contributed by atoms with Crippen molar-refractivity contribution in [2.45, 2.75) is 50.7 Å². The van der Waals surface area contributed by atoms with Crippen molar-refractivity contribution in [1.29, 1.82) is 0 Å². The van der Waals surface area contributed by atoms with Gasteiger partial charge in [0.15, 0.2) is 28.7 Å². The van der Waals surface area contributed by atoms with E-state index in [0.29, 0.717) is 22.6 Å². The van der Waals surface area contributed by atoms with Gasteiger partial charge in [-0.15, -0.1) is 0 Å². The number of imidazole rings is 1. The lowest BCUT2D eigenvalue weighted by Gasteiger charge is -2.34. The highest BCUT2D eigenvalue weighted by Crippen LogP contribution is 2.45. The molecule has 6 rings (SSSR count). The maximum Gasteiger partial charge on any atom is 0.338 e. The highest BCUT2D eigenvalue weighted by Gasteiger charge is 2.61. The summed E-state index contributed by atoms with van der Waals surface area (Å²) in [6.07, 6.45) is -2.08. The van der Waals surface area contributed by atoms with Gasteiger partial charge in [0.2, 0.25) is 0 Å². The number of ether oxygens (including phenoxy) is 4. The summed E-state index contributed by atoms with van der Waals surface area (Å²) in [6.45, 7) is 5.10. The van der Waals surface area contributed by atoms with Crippen molar-refractivity contribution in [3.63, 3.8) is 0 Å². The maximum absolute atomic E-state index is 13.7. The average Bonchev–Trinajstić information content (AvgIpc) is 3.63. The molecule has 0 saturated carbocycles. The number of carbonyl (C=O) groups excluding carboxylic acids is 3. The summed E-state index contributed by atoms with van der Waals surface area (Å²) in [5, 5.41) is 0.138. The molecular formula is C35H31ClN4O7. The molecule has 11 nitrogen and oxygen atoms in total. The fourth-order valence-electron chi connectivity index (χ4n) is 5.39. The second-order valence-electron chi connectivity index (χ2n) is 11.5. The fraction of sp³-hybridized carbons (Fsp3) is 0.257. The van der Waals surface area contributed by atoms with Gasteiger partial charge in [0, 0.05) is 5.92 Å². The third kappa shape index (κ3) is 6.45. The first-order valence-electron chi connectivity index (χ1n) is 15.0. The van der Waals surface area contributed by atoms with Crippen molar-refractivity contribution in [3.05, 3.63) is 125 Å². The van der Waals surface area contributed by atoms with Crippen molar-refractivity contribution in [2.24, 2.45) is 0 Å². The molecule has 5 aromatic rings. The maximum atomic E-state index is 13.7. The topological polar surface area (TPSA) is 132 Å². The summed E-state index contributed by atoms with van der Waals surface area (Å²) < 4.78 is 26.1. The van der Waals surface area contributed by atoms with Crippen molar-refractivity contribution in [1.82, 2.24) is 19.5 Å². The van der Waals surface area contributed by atoms with Gasteiger partial charge in [-0.1, -0.05) is 80.0 Å². The van der Waals surface area contributed by atoms with E-state index in [0.717, 1.165) is 0 Å². The number of esters is 3. The lowest BCUT2D eigenvalue weighted by atomic mass is 9.95. The zero-order valence-electron chi connectivity index (χ0n) is 25.8. The Hall–Kier alpha value is -5.13. The Morgan fingerprint density at radius 3 is 1.98 bits per heavy atom. The van der Waals surface area contributed by atoms with Gasteiger partial charge in [0.25, 0.3) is 0 Å². The van der Waals surface area contributed by atoms with Gasteiger partial charge in [0.1, 0.15) is 24.1 Å². The van der Waals surface area contributed by atoms with Crippen LogP contribution in [0.4, 0.5) is 0 Å². The first-order valence-corrected chi connectivity index (χ1v) is 15.4. The van der Waals surface area contributed by atoms with Crippen LogP contribution in [0.3, 0.4) is 0 Å². The zero-order valence-corrected chi connectivity index (χ0v) is 26.5. The molecular weight excluding hydrogens is 624 g/mol. The third-order valence-corrected chi connectivity index (χ3v) is 8.08. The van der Waals surface area contributed by atoms with Gasteiger partial charge in [-0.25, -0.2) is 29.3 Å². The summed E-state index contributed by atoms with van der Waals surface area (Å²) in [7, 11) is 0. The van der Waals surface area contributed by atoms with Crippen LogP contribution in [0.1, 0.15) is 69.8 Å². The van der Waals surface area contributed by atoms with Crippen LogP contribution in [-0.2, 0) is 18.9 Å². The standard InChI is InChI=1S/C35H31ClN4O7/c1-21(2)29-38-28(36)26-30(39-29)40(20-37-26)34-35(3,47-33(43)24-17-11-6-12-18-24)27(46-32(42)23-15-9-5-10-16-23)25(45-34)19-44-31(41)22-13-7-4-8-14-22/h4-18,20-21,25,27,34H,19H2,1-3H3/t25-,27-,34-,35-/m1/s1. The number of hydrogen-bond acceptors (Lipinski definition) is 10. The molecule has 0 spiro atoms. The van der Waals surface area contributed by atoms with Gasteiger partial charge in [-0.3, -0.25) is 4.57 Å². The molecule has 12 heteroatoms. The monoisotopic (exact) mass is 654 g/mol. The summed E-state index contributed by atoms with van der Waals surface area (Å²) >= 11 is 6.52. The first-order chi connectivity index (χ1) is 22.7. The van der Waals surface area contributed by atoms with Gasteiger partial charge < -0.3 is 18.9 Å². The average molecular weight is 655 g/mol. The molecule has 0 unspecified atom stereocenters. The molecule has 1 aliphatic heterocycles. The van der Waals surface area contributed by atoms with Crippen LogP contribution < -0.4 is 0 Å². The van der Waals surface area contributed by atoms with E-state index >= 15 is 0 Å². The van der Waals surface area contributed by atoms with Crippen molar-refractivity contribution in [2.75, 3.05) is 6.61 Å². The smallest absolute Gasteiger partial charge is 0.338 e. The number of nitrogens with zero attached hydrogens (tertiary/aromatic N) is 4. The summed E-state index contributed by atoms with van der Waals surface area (Å²) in [5.74, 6) is -1.60. The number of fused-ring (bicyclic) bond motifs is 1. The van der Waals surface area contributed by atoms with Crippen LogP contribution in [0.25, 0.3) is 11.2 Å². The number of halogens is 1. The number of carbonyl (C=O) groups is 3. The molecule has 3 aromatic carbocycles. The van der Waals surface area contributed by atoms with Gasteiger partial charge in [0.05, 0.1) is 23.0 Å². The van der Waals surface area contributed by atoms with Gasteiger partial charge >= 0.3 is 17.9 Å². The fourth-order valence-corrected chi connectivity index (χ4v) is 5.60. The minimum absolute atomic E-state index is 0.0724. The molecule has 0 N–H and O–H groups in total. The second kappa shape index (κ2) is 13.3. The minimum atomic E-state index is -1.70. The molecule has 240 valence electrons. The van der Waals surface area contributed by atoms with Crippen molar-refractivity contribution >= 4 is 40.7 Å². The van der Waals surface area contributed by atoms with E-state index in [-0.39, 0.29) is 28.8 Å². The number of rotatable bonds is 9. The van der Waals surface area contributed by atoms with Gasteiger partial charge in [-0.2, -0.15) is 0 Å². The normalized spacial score (nSPS) is 20.7. The highest BCUT2D eigenvalue weighted by molar-refractivity contribution is 6.33. The largest absolute Gasteiger partial charge is 0.459 e. The van der Waals surface area contributed by atoms with E-state index < -0.39 is 41.9 Å². The predicted molar refractivity (Wildman–Crippen MR) is 171 cm³/mol. The Labute approximate surface area is 275 Å². The van der Waals surface area contributed by atoms with E-state index in [1.807, 2.05) is 13.8 Å². The van der Waals surface area contributed by atoms with Crippen LogP contribution in [0, 0.1) is 0 Å². The lowest BCUT2D eigenvalue weighted by molar-refractivity contribution is -0.108. The summed E-state index contributed by atoms with van der Waals surface area (Å²) in [4.78, 5) is 53.7. The molecule has 2 aromatic heterocycles. The molecule has 0 aliphatic carbocycles. The molecule has 0 radical (unpaired) electrons. The third-order valence-electron chi connectivity index (χ3n) is 7.82. The Kier molecular flexibility index (Phi) is 9.01. The van der Waals surface area contributed by atoms with Crippen LogP contribution in [0.2, 0.25) is 5.15 Å². The molecule has 1 aliphatic rings. The Balaban J connectivity index is 1.44. The zero-order chi connectivity index (χ0) is 33.1. The molecule has 4 atom stereocenters. The number of hydrogen-bond donors (Lipinski definition) is 0. The molecule has 1 fully saturated rings. The van der Waals surface area contributed by atoms with Crippen LogP contribution >= 0.6 is 11.6 Å². The van der Waals surface area contributed by atoms with Crippen molar-refractivity contribution in [3.8, 4) is 0 Å². The van der Waals surface area contributed by atoms with E-state index in [4.69, 9.17) is 35.5 Å². The molecule has 3 heterocycles. The minimum Gasteiger partial charge on any atom is -0.459 e. The van der Waals surface area contributed by atoms with Crippen LogP contribution in [0.5, 0.6) is 0 Å². The van der Waals surface area contributed by atoms with Crippen LogP contribution in [-0.4, -0.2) is 61.8 Å². The Morgan fingerprint density at radius 1 is 0.851 bits per heavy atom. The van der Waals surface area contributed by atoms with E-state index in [1.165, 1.54) is 6.33 Å². The Bertz CT molecular complexity index is 1900. The van der Waals surface area contributed by atoms with Crippen LogP contribution in [0.15, 0.2) is 97.3 Å². The molecule has 1 saturated heterocycles. The Morgan fingerprint density at radius 2 is 1.40 bits per heavy atom. The number of aromatic nitrogens is 4. The second-order valence-corrected chi connectivity index (χ2v) is 11.8. The quantitative estimate of drug-likeness (QED) is 0.103. The lowest BCUT2D eigenvalue weighted by Crippen LogP contribution is -2.50. The van der Waals surface area contributed by atoms with E-state index in [9.17, 15) is 14.4 Å². The number of benzene rings is 3. The first kappa shape index (κ1) is 31.8. The highest BCUT2D eigenvalue weighted by atomic mass is 35.5. The predicted octanol–water partition coefficient (Wildman–Crippen LogP) is 6.20. The SMILES string of the molecule is CC(C)c1nc(Cl)c2ncn([C@@H]3O[C@H](COC(=O)c4ccccc4)[C@@H](OC(=O)c4ccccc4)[C@@]3(C)OC(=O)c3ccccc3)c2n1. The van der Waals surface area contributed by atoms with Crippen molar-refractivity contribution < 1.29 is 33.3 Å². The summed E-state index contributed by atoms with van der Waals surface area (Å²) in [6, 6.07) is 25.2. The molecule has 0 bridgehead atoms. The van der Waals surface area contributed by atoms with E-state index in [2.05, 4.69) is 9.97 Å².